The van der Waals surface area contributed by atoms with Crippen LogP contribution in [0.3, 0.4) is 0 Å². The molecule has 0 atom stereocenters. The van der Waals surface area contributed by atoms with Gasteiger partial charge in [0, 0.05) is 0 Å². The lowest BCUT2D eigenvalue weighted by atomic mass is 10.1. The van der Waals surface area contributed by atoms with E-state index in [1.807, 2.05) is 6.92 Å². The van der Waals surface area contributed by atoms with Crippen LogP contribution in [0.15, 0.2) is 12.1 Å². The van der Waals surface area contributed by atoms with Crippen LogP contribution in [-0.4, -0.2) is 7.11 Å². The molecule has 0 radical (unpaired) electrons. The van der Waals surface area contributed by atoms with Gasteiger partial charge in [0.25, 0.3) is 0 Å². The fourth-order valence-electron chi connectivity index (χ4n) is 1.27. The van der Waals surface area contributed by atoms with Crippen molar-refractivity contribution < 1.29 is 14.9 Å². The normalized spacial score (nSPS) is 10.0. The highest BCUT2D eigenvalue weighted by atomic mass is 16.5. The number of hydrogen-bond acceptors (Lipinski definition) is 3. The summed E-state index contributed by atoms with van der Waals surface area (Å²) in [6.07, 6.45) is 1.42. The van der Waals surface area contributed by atoms with E-state index >= 15 is 0 Å². The molecule has 0 aliphatic carbocycles. The van der Waals surface area contributed by atoms with Crippen molar-refractivity contribution in [3.63, 3.8) is 0 Å². The lowest BCUT2D eigenvalue weighted by Gasteiger charge is -2.24. The van der Waals surface area contributed by atoms with Crippen molar-refractivity contribution in [3.05, 3.63) is 17.7 Å². The molecule has 0 aliphatic heterocycles. The molecule has 3 nitrogen and oxygen atoms in total. The average molecular weight is 180 g/mol. The van der Waals surface area contributed by atoms with Crippen molar-refractivity contribution in [3.8, 4) is 17.2 Å². The molecule has 0 fully saturated rings. The van der Waals surface area contributed by atoms with Gasteiger partial charge in [-0.15, -0.1) is 11.5 Å². The molecule has 1 rings (SSSR count). The van der Waals surface area contributed by atoms with Crippen molar-refractivity contribution in [1.82, 2.24) is 0 Å². The molecule has 0 amide bonds. The van der Waals surface area contributed by atoms with Crippen molar-refractivity contribution >= 4 is 0 Å². The minimum Gasteiger partial charge on any atom is -0.873 e. The second kappa shape index (κ2) is 4.03. The minimum atomic E-state index is -0.454. The zero-order chi connectivity index (χ0) is 9.84. The van der Waals surface area contributed by atoms with Gasteiger partial charge in [-0.1, -0.05) is 19.4 Å². The van der Waals surface area contributed by atoms with Gasteiger partial charge in [-0.2, -0.15) is 0 Å². The number of ether oxygens (including phenoxy) is 1. The first kappa shape index (κ1) is 9.71. The maximum absolute atomic E-state index is 11.3. The Kier molecular flexibility index (Phi) is 3.01. The molecule has 0 aromatic heterocycles. The van der Waals surface area contributed by atoms with Gasteiger partial charge in [-0.25, -0.2) is 0 Å². The molecule has 0 unspecified atom stereocenters. The number of methoxy groups -OCH3 is 1. The van der Waals surface area contributed by atoms with E-state index in [1.54, 1.807) is 6.07 Å². The highest BCUT2D eigenvalue weighted by molar-refractivity contribution is 5.50. The minimum absolute atomic E-state index is 0.429. The van der Waals surface area contributed by atoms with E-state index in [4.69, 9.17) is 4.74 Å². The summed E-state index contributed by atoms with van der Waals surface area (Å²) >= 11 is 0. The van der Waals surface area contributed by atoms with Crippen molar-refractivity contribution in [1.29, 1.82) is 0 Å². The molecule has 0 spiro atoms. The predicted molar refractivity (Wildman–Crippen MR) is 45.9 cm³/mol. The maximum atomic E-state index is 11.3. The molecule has 0 heterocycles. The molecule has 0 saturated heterocycles. The van der Waals surface area contributed by atoms with E-state index in [0.29, 0.717) is 17.7 Å². The summed E-state index contributed by atoms with van der Waals surface area (Å²) in [4.78, 5) is 0. The van der Waals surface area contributed by atoms with Crippen LogP contribution in [0.2, 0.25) is 0 Å². The summed E-state index contributed by atoms with van der Waals surface area (Å²) in [5.74, 6) is -0.364. The maximum Gasteiger partial charge on any atom is 0.121 e. The van der Waals surface area contributed by atoms with Crippen molar-refractivity contribution in [2.24, 2.45) is 0 Å². The van der Waals surface area contributed by atoms with Crippen LogP contribution in [0.25, 0.3) is 0 Å². The van der Waals surface area contributed by atoms with E-state index in [-0.39, 0.29) is 0 Å². The van der Waals surface area contributed by atoms with Gasteiger partial charge in [0.1, 0.15) is 5.75 Å². The molecule has 13 heavy (non-hydrogen) atoms. The molecule has 0 N–H and O–H groups in total. The van der Waals surface area contributed by atoms with Crippen LogP contribution < -0.4 is 14.9 Å². The topological polar surface area (TPSA) is 55.3 Å². The zero-order valence-electron chi connectivity index (χ0n) is 7.79. The van der Waals surface area contributed by atoms with E-state index in [0.717, 1.165) is 6.42 Å². The Bertz CT molecular complexity index is 294. The monoisotopic (exact) mass is 180 g/mol. The summed E-state index contributed by atoms with van der Waals surface area (Å²) in [6, 6.07) is 2.80. The Morgan fingerprint density at radius 3 is 2.54 bits per heavy atom. The number of rotatable bonds is 3. The molecular formula is C10H12O3-2. The highest BCUT2D eigenvalue weighted by Gasteiger charge is 2.01. The van der Waals surface area contributed by atoms with Gasteiger partial charge < -0.3 is 14.9 Å². The Morgan fingerprint density at radius 2 is 2.00 bits per heavy atom. The van der Waals surface area contributed by atoms with Gasteiger partial charge in [0.05, 0.1) is 7.11 Å². The van der Waals surface area contributed by atoms with Crippen LogP contribution in [0.4, 0.5) is 0 Å². The number of hydrogen-bond donors (Lipinski definition) is 0. The van der Waals surface area contributed by atoms with Gasteiger partial charge >= 0.3 is 0 Å². The second-order valence-electron chi connectivity index (χ2n) is 2.82. The van der Waals surface area contributed by atoms with Crippen LogP contribution in [-0.2, 0) is 6.42 Å². The molecule has 1 aromatic rings. The molecule has 0 saturated carbocycles. The van der Waals surface area contributed by atoms with Gasteiger partial charge in [0.2, 0.25) is 0 Å². The first-order chi connectivity index (χ1) is 6.20. The lowest BCUT2D eigenvalue weighted by molar-refractivity contribution is -0.318. The Balaban J connectivity index is 3.15. The van der Waals surface area contributed by atoms with Crippen LogP contribution in [0.5, 0.6) is 17.2 Å². The summed E-state index contributed by atoms with van der Waals surface area (Å²) in [7, 11) is 1.50. The van der Waals surface area contributed by atoms with Gasteiger partial charge in [-0.3, -0.25) is 0 Å². The molecule has 0 aliphatic rings. The lowest BCUT2D eigenvalue weighted by Crippen LogP contribution is -2.05. The van der Waals surface area contributed by atoms with E-state index in [1.165, 1.54) is 13.2 Å². The third-order valence-corrected chi connectivity index (χ3v) is 1.90. The van der Waals surface area contributed by atoms with E-state index < -0.39 is 11.5 Å². The Hall–Kier alpha value is -1.38. The largest absolute Gasteiger partial charge is 0.873 e. The fraction of sp³-hybridized carbons (Fsp3) is 0.400. The summed E-state index contributed by atoms with van der Waals surface area (Å²) in [6.45, 7) is 1.95. The van der Waals surface area contributed by atoms with Gasteiger partial charge in [-0.05, 0) is 18.1 Å². The summed E-state index contributed by atoms with van der Waals surface area (Å²) < 4.78 is 4.99. The standard InChI is InChI=1S/C10H14O3/c1-3-4-7-9(13-2)6-5-8(11)10(7)12/h5-6,11-12H,3-4H2,1-2H3/p-2. The van der Waals surface area contributed by atoms with Crippen molar-refractivity contribution in [2.45, 2.75) is 19.8 Å². The molecule has 72 valence electrons. The SMILES string of the molecule is CCCc1c(OC)ccc([O-])c1[O-]. The van der Waals surface area contributed by atoms with Crippen LogP contribution in [0.1, 0.15) is 18.9 Å². The zero-order valence-corrected chi connectivity index (χ0v) is 7.79. The third kappa shape index (κ3) is 1.86. The van der Waals surface area contributed by atoms with Crippen LogP contribution >= 0.6 is 0 Å². The van der Waals surface area contributed by atoms with Gasteiger partial charge in [0.15, 0.2) is 0 Å². The summed E-state index contributed by atoms with van der Waals surface area (Å²) in [5, 5.41) is 22.4. The van der Waals surface area contributed by atoms with Crippen molar-refractivity contribution in [2.75, 3.05) is 7.11 Å². The smallest absolute Gasteiger partial charge is 0.121 e. The second-order valence-corrected chi connectivity index (χ2v) is 2.82. The highest BCUT2D eigenvalue weighted by Crippen LogP contribution is 2.32. The third-order valence-electron chi connectivity index (χ3n) is 1.90. The Labute approximate surface area is 77.6 Å². The Morgan fingerprint density at radius 1 is 1.31 bits per heavy atom. The average Bonchev–Trinajstić information content (AvgIpc) is 2.14. The van der Waals surface area contributed by atoms with E-state index in [9.17, 15) is 10.2 Å². The molecule has 3 heteroatoms. The fourth-order valence-corrected chi connectivity index (χ4v) is 1.27. The molecule has 0 bridgehead atoms. The molecular weight excluding hydrogens is 168 g/mol. The predicted octanol–water partition coefficient (Wildman–Crippen LogP) is 0.795. The van der Waals surface area contributed by atoms with Crippen LogP contribution in [0, 0.1) is 0 Å². The first-order valence-electron chi connectivity index (χ1n) is 4.24. The quantitative estimate of drug-likeness (QED) is 0.691. The first-order valence-corrected chi connectivity index (χ1v) is 4.24. The molecule has 1 aromatic carbocycles. The van der Waals surface area contributed by atoms with E-state index in [2.05, 4.69) is 0 Å². The summed E-state index contributed by atoms with van der Waals surface area (Å²) in [5.41, 5.74) is 0.498. The number of benzene rings is 1.